The Morgan fingerprint density at radius 2 is 1.63 bits per heavy atom. The van der Waals surface area contributed by atoms with E-state index in [4.69, 9.17) is 32.5 Å². The summed E-state index contributed by atoms with van der Waals surface area (Å²) in [4.78, 5) is 11.5. The van der Waals surface area contributed by atoms with Crippen LogP contribution < -0.4 is 4.74 Å². The van der Waals surface area contributed by atoms with E-state index in [1.807, 2.05) is 48.5 Å². The van der Waals surface area contributed by atoms with Crippen molar-refractivity contribution in [1.29, 1.82) is 0 Å². The Labute approximate surface area is 252 Å². The van der Waals surface area contributed by atoms with E-state index in [9.17, 15) is 9.90 Å². The Balaban J connectivity index is 0.00000336. The molecular formula is C30H24Cl2NNaO4. The molecule has 188 valence electrons. The topological polar surface area (TPSA) is 72.6 Å². The van der Waals surface area contributed by atoms with Gasteiger partial charge >= 0.3 is 35.5 Å². The Kier molecular flexibility index (Phi) is 9.19. The molecule has 5 nitrogen and oxygen atoms in total. The van der Waals surface area contributed by atoms with Gasteiger partial charge in [-0.2, -0.15) is 0 Å². The Morgan fingerprint density at radius 3 is 2.32 bits per heavy atom. The number of hydrogen-bond donors (Lipinski definition) is 1. The molecule has 0 saturated carbocycles. The molecule has 38 heavy (non-hydrogen) atoms. The van der Waals surface area contributed by atoms with Gasteiger partial charge < -0.3 is 14.4 Å². The molecule has 1 N–H and O–H groups in total. The molecule has 4 aromatic carbocycles. The summed E-state index contributed by atoms with van der Waals surface area (Å²) in [5, 5.41) is 16.3. The molecule has 0 aliphatic carbocycles. The van der Waals surface area contributed by atoms with Gasteiger partial charge in [-0.1, -0.05) is 77.7 Å². The minimum absolute atomic E-state index is 0. The molecule has 0 atom stereocenters. The average Bonchev–Trinajstić information content (AvgIpc) is 3.29. The summed E-state index contributed by atoms with van der Waals surface area (Å²) in [5.74, 6) is 0.509. The number of carboxylic acids is 1. The molecule has 0 fully saturated rings. The van der Waals surface area contributed by atoms with Crippen molar-refractivity contribution >= 4 is 69.5 Å². The Morgan fingerprint density at radius 1 is 0.947 bits per heavy atom. The van der Waals surface area contributed by atoms with Crippen LogP contribution in [0, 0.1) is 0 Å². The molecule has 0 bridgehead atoms. The van der Waals surface area contributed by atoms with Crippen LogP contribution in [0.4, 0.5) is 0 Å². The number of fused-ring (bicyclic) bond motifs is 1. The van der Waals surface area contributed by atoms with E-state index in [0.717, 1.165) is 40.7 Å². The standard InChI is InChI=1S/C30H23Cl2NO4.Na.H/c1-2-5-27-24(29(33-37-27)28-25(31)8-4-9-26(28)32)17-36-21-13-10-18(11-14-21)19-12-15-22-20(16-19)6-3-7-23(22)30(34)35;;/h3-4,6-16H,2,5,17H2,1H3,(H,34,35);;. The Bertz CT molecular complexity index is 1580. The van der Waals surface area contributed by atoms with Gasteiger partial charge in [-0.05, 0) is 64.7 Å². The van der Waals surface area contributed by atoms with Crippen LogP contribution in [0.2, 0.25) is 10.0 Å². The second-order valence-electron chi connectivity index (χ2n) is 8.64. The predicted molar refractivity (Wildman–Crippen MR) is 154 cm³/mol. The number of hydrogen-bond acceptors (Lipinski definition) is 4. The molecule has 0 aliphatic heterocycles. The molecule has 0 radical (unpaired) electrons. The number of benzene rings is 4. The van der Waals surface area contributed by atoms with Crippen LogP contribution in [-0.4, -0.2) is 45.8 Å². The van der Waals surface area contributed by atoms with Crippen molar-refractivity contribution in [2.45, 2.75) is 26.4 Å². The first kappa shape index (κ1) is 28.2. The van der Waals surface area contributed by atoms with Crippen LogP contribution >= 0.6 is 23.2 Å². The SMILES string of the molecule is CCCc1onc(-c2c(Cl)cccc2Cl)c1COc1ccc(-c2ccc3c(C(=O)O)cccc3c2)cc1.[NaH]. The first-order chi connectivity index (χ1) is 18.0. The number of halogens is 2. The van der Waals surface area contributed by atoms with Gasteiger partial charge in [0.15, 0.2) is 0 Å². The zero-order valence-electron chi connectivity index (χ0n) is 20.0. The number of ether oxygens (including phenoxy) is 1. The van der Waals surface area contributed by atoms with Crippen LogP contribution in [0.3, 0.4) is 0 Å². The number of aryl methyl sites for hydroxylation is 1. The van der Waals surface area contributed by atoms with Gasteiger partial charge in [0.05, 0.1) is 21.2 Å². The fraction of sp³-hybridized carbons (Fsp3) is 0.133. The summed E-state index contributed by atoms with van der Waals surface area (Å²) < 4.78 is 11.8. The van der Waals surface area contributed by atoms with Crippen LogP contribution in [-0.2, 0) is 13.0 Å². The summed E-state index contributed by atoms with van der Waals surface area (Å²) in [6, 6.07) is 24.2. The predicted octanol–water partition coefficient (Wildman–Crippen LogP) is 8.05. The summed E-state index contributed by atoms with van der Waals surface area (Å²) in [7, 11) is 0. The maximum absolute atomic E-state index is 11.5. The van der Waals surface area contributed by atoms with Gasteiger partial charge in [0.25, 0.3) is 0 Å². The van der Waals surface area contributed by atoms with E-state index in [1.165, 1.54) is 0 Å². The van der Waals surface area contributed by atoms with Gasteiger partial charge in [0.2, 0.25) is 0 Å². The molecule has 0 unspecified atom stereocenters. The third kappa shape index (κ3) is 5.78. The maximum atomic E-state index is 11.5. The molecule has 0 aliphatic rings. The number of aromatic nitrogens is 1. The molecule has 8 heteroatoms. The third-order valence-electron chi connectivity index (χ3n) is 6.23. The van der Waals surface area contributed by atoms with E-state index in [0.29, 0.717) is 38.0 Å². The summed E-state index contributed by atoms with van der Waals surface area (Å²) in [6.07, 6.45) is 1.62. The van der Waals surface area contributed by atoms with Crippen molar-refractivity contribution in [3.8, 4) is 28.1 Å². The third-order valence-corrected chi connectivity index (χ3v) is 6.86. The van der Waals surface area contributed by atoms with Crippen LogP contribution in [0.5, 0.6) is 5.75 Å². The van der Waals surface area contributed by atoms with E-state index >= 15 is 0 Å². The van der Waals surface area contributed by atoms with Crippen LogP contribution in [0.1, 0.15) is 35.0 Å². The van der Waals surface area contributed by atoms with E-state index < -0.39 is 5.97 Å². The first-order valence-electron chi connectivity index (χ1n) is 11.9. The van der Waals surface area contributed by atoms with Crippen molar-refractivity contribution in [3.05, 3.63) is 106 Å². The second kappa shape index (κ2) is 12.4. The average molecular weight is 556 g/mol. The fourth-order valence-corrected chi connectivity index (χ4v) is 4.96. The molecule has 1 heterocycles. The quantitative estimate of drug-likeness (QED) is 0.196. The van der Waals surface area contributed by atoms with Crippen LogP contribution in [0.15, 0.2) is 83.4 Å². The fourth-order valence-electron chi connectivity index (χ4n) is 4.38. The van der Waals surface area contributed by atoms with E-state index in [1.54, 1.807) is 30.3 Å². The van der Waals surface area contributed by atoms with Gasteiger partial charge in [-0.15, -0.1) is 0 Å². The molecule has 5 rings (SSSR count). The van der Waals surface area contributed by atoms with Crippen molar-refractivity contribution < 1.29 is 19.2 Å². The van der Waals surface area contributed by atoms with E-state index in [2.05, 4.69) is 12.1 Å². The van der Waals surface area contributed by atoms with E-state index in [-0.39, 0.29) is 36.2 Å². The molecule has 0 spiro atoms. The molecule has 5 aromatic rings. The number of carboxylic acid groups (broad SMARTS) is 1. The Hall–Kier alpha value is -2.80. The monoisotopic (exact) mass is 555 g/mol. The number of rotatable bonds is 8. The normalized spacial score (nSPS) is 10.8. The van der Waals surface area contributed by atoms with Gasteiger partial charge in [0.1, 0.15) is 23.8 Å². The van der Waals surface area contributed by atoms with Crippen molar-refractivity contribution in [2.24, 2.45) is 0 Å². The van der Waals surface area contributed by atoms with Gasteiger partial charge in [-0.3, -0.25) is 0 Å². The summed E-state index contributed by atoms with van der Waals surface area (Å²) in [6.45, 7) is 2.33. The number of aromatic carboxylic acids is 1. The van der Waals surface area contributed by atoms with Crippen molar-refractivity contribution in [2.75, 3.05) is 0 Å². The second-order valence-corrected chi connectivity index (χ2v) is 9.45. The summed E-state index contributed by atoms with van der Waals surface area (Å²) in [5.41, 5.74) is 4.32. The molecule has 0 amide bonds. The van der Waals surface area contributed by atoms with Gasteiger partial charge in [-0.25, -0.2) is 4.79 Å². The van der Waals surface area contributed by atoms with Crippen molar-refractivity contribution in [1.82, 2.24) is 5.16 Å². The van der Waals surface area contributed by atoms with Crippen LogP contribution in [0.25, 0.3) is 33.2 Å². The zero-order chi connectivity index (χ0) is 25.9. The van der Waals surface area contributed by atoms with Gasteiger partial charge in [0, 0.05) is 12.0 Å². The molecule has 0 saturated heterocycles. The number of nitrogens with zero attached hydrogens (tertiary/aromatic N) is 1. The van der Waals surface area contributed by atoms with Crippen molar-refractivity contribution in [3.63, 3.8) is 0 Å². The number of carbonyl (C=O) groups is 1. The summed E-state index contributed by atoms with van der Waals surface area (Å²) >= 11 is 12.9. The minimum atomic E-state index is -0.935. The first-order valence-corrected chi connectivity index (χ1v) is 12.6. The zero-order valence-corrected chi connectivity index (χ0v) is 21.5. The molecular weight excluding hydrogens is 532 g/mol. The molecule has 1 aromatic heterocycles.